The minimum Gasteiger partial charge on any atom is -0.497 e. The Morgan fingerprint density at radius 2 is 1.81 bits per heavy atom. The molecule has 2 aromatic carbocycles. The van der Waals surface area contributed by atoms with E-state index in [1.165, 1.54) is 0 Å². The van der Waals surface area contributed by atoms with Crippen molar-refractivity contribution in [2.45, 2.75) is 52.0 Å². The van der Waals surface area contributed by atoms with E-state index >= 15 is 0 Å². The molecule has 0 heterocycles. The zero-order chi connectivity index (χ0) is 20.2. The Kier molecular flexibility index (Phi) is 7.48. The molecule has 27 heavy (non-hydrogen) atoms. The van der Waals surface area contributed by atoms with Gasteiger partial charge in [-0.05, 0) is 79.9 Å². The standard InChI is InChI=1S/C21H28BrNO3S/c1-14-11-18(15(2)23-27(24)21(3,4)5)20(19(22)12-14)26-13-16-7-9-17(25-6)10-8-16/h7-12,15,23H,13H2,1-6H3/t15-,27-/m1/s1. The predicted molar refractivity (Wildman–Crippen MR) is 116 cm³/mol. The Hall–Kier alpha value is -1.37. The Morgan fingerprint density at radius 3 is 2.37 bits per heavy atom. The number of benzene rings is 2. The van der Waals surface area contributed by atoms with Crippen molar-refractivity contribution in [3.63, 3.8) is 0 Å². The maximum Gasteiger partial charge on any atom is 0.138 e. The lowest BCUT2D eigenvalue weighted by atomic mass is 10.1. The van der Waals surface area contributed by atoms with Crippen LogP contribution < -0.4 is 14.2 Å². The largest absolute Gasteiger partial charge is 0.497 e. The van der Waals surface area contributed by atoms with Crippen molar-refractivity contribution in [3.8, 4) is 11.5 Å². The second-order valence-corrected chi connectivity index (χ2v) is 10.4. The van der Waals surface area contributed by atoms with Gasteiger partial charge in [-0.1, -0.05) is 18.2 Å². The lowest BCUT2D eigenvalue weighted by molar-refractivity contribution is 0.298. The lowest BCUT2D eigenvalue weighted by Crippen LogP contribution is -2.35. The van der Waals surface area contributed by atoms with Gasteiger partial charge in [-0.2, -0.15) is 0 Å². The van der Waals surface area contributed by atoms with Gasteiger partial charge in [-0.25, -0.2) is 8.93 Å². The summed E-state index contributed by atoms with van der Waals surface area (Å²) in [6, 6.07) is 11.8. The van der Waals surface area contributed by atoms with Crippen molar-refractivity contribution >= 4 is 26.9 Å². The molecular formula is C21H28BrNO3S. The molecular weight excluding hydrogens is 426 g/mol. The molecule has 0 fully saturated rings. The Labute approximate surface area is 173 Å². The normalized spacial score (nSPS) is 13.9. The number of halogens is 1. The molecule has 4 nitrogen and oxygen atoms in total. The number of rotatable bonds is 7. The van der Waals surface area contributed by atoms with Crippen molar-refractivity contribution in [1.29, 1.82) is 0 Å². The van der Waals surface area contributed by atoms with Gasteiger partial charge < -0.3 is 9.47 Å². The van der Waals surface area contributed by atoms with Crippen LogP contribution in [0.4, 0.5) is 0 Å². The minimum absolute atomic E-state index is 0.118. The summed E-state index contributed by atoms with van der Waals surface area (Å²) >= 11 is 3.62. The van der Waals surface area contributed by atoms with Gasteiger partial charge in [-0.3, -0.25) is 0 Å². The molecule has 0 radical (unpaired) electrons. The van der Waals surface area contributed by atoms with E-state index in [1.807, 2.05) is 65.0 Å². The minimum atomic E-state index is -1.17. The average Bonchev–Trinajstić information content (AvgIpc) is 2.60. The fourth-order valence-electron chi connectivity index (χ4n) is 2.51. The van der Waals surface area contributed by atoms with Crippen LogP contribution in [0.2, 0.25) is 0 Å². The number of hydrogen-bond acceptors (Lipinski definition) is 3. The van der Waals surface area contributed by atoms with Crippen LogP contribution >= 0.6 is 15.9 Å². The third kappa shape index (κ3) is 6.06. The predicted octanol–water partition coefficient (Wildman–Crippen LogP) is 5.46. The zero-order valence-electron chi connectivity index (χ0n) is 16.8. The summed E-state index contributed by atoms with van der Waals surface area (Å²) in [7, 11) is 0.482. The molecule has 0 aliphatic carbocycles. The van der Waals surface area contributed by atoms with Gasteiger partial charge >= 0.3 is 0 Å². The van der Waals surface area contributed by atoms with Crippen LogP contribution in [0.5, 0.6) is 11.5 Å². The number of methoxy groups -OCH3 is 1. The van der Waals surface area contributed by atoms with E-state index in [2.05, 4.69) is 26.7 Å². The number of aryl methyl sites for hydroxylation is 1. The smallest absolute Gasteiger partial charge is 0.138 e. The maximum absolute atomic E-state index is 12.5. The molecule has 2 atom stereocenters. The third-order valence-corrected chi connectivity index (χ3v) is 6.33. The maximum atomic E-state index is 12.5. The van der Waals surface area contributed by atoms with Crippen LogP contribution in [0.3, 0.4) is 0 Å². The monoisotopic (exact) mass is 453 g/mol. The first kappa shape index (κ1) is 21.9. The van der Waals surface area contributed by atoms with Gasteiger partial charge in [-0.15, -0.1) is 0 Å². The van der Waals surface area contributed by atoms with Crippen molar-refractivity contribution < 1.29 is 13.7 Å². The summed E-state index contributed by atoms with van der Waals surface area (Å²) in [5.41, 5.74) is 3.14. The number of ether oxygens (including phenoxy) is 2. The molecule has 2 aromatic rings. The van der Waals surface area contributed by atoms with Crippen LogP contribution in [0.1, 0.15) is 50.4 Å². The highest BCUT2D eigenvalue weighted by Crippen LogP contribution is 2.35. The van der Waals surface area contributed by atoms with Gasteiger partial charge in [0.05, 0.1) is 27.3 Å². The van der Waals surface area contributed by atoms with Crippen LogP contribution in [-0.4, -0.2) is 16.1 Å². The van der Waals surface area contributed by atoms with E-state index in [-0.39, 0.29) is 10.8 Å². The summed E-state index contributed by atoms with van der Waals surface area (Å²) < 4.78 is 27.6. The fraction of sp³-hybridized carbons (Fsp3) is 0.429. The molecule has 6 heteroatoms. The van der Waals surface area contributed by atoms with E-state index in [0.717, 1.165) is 32.7 Å². The molecule has 2 rings (SSSR count). The summed E-state index contributed by atoms with van der Waals surface area (Å²) in [4.78, 5) is 0. The first-order chi connectivity index (χ1) is 12.6. The van der Waals surface area contributed by atoms with Gasteiger partial charge in [0.2, 0.25) is 0 Å². The van der Waals surface area contributed by atoms with E-state index < -0.39 is 11.0 Å². The molecule has 0 aromatic heterocycles. The molecule has 0 aliphatic rings. The Morgan fingerprint density at radius 1 is 1.19 bits per heavy atom. The van der Waals surface area contributed by atoms with Crippen LogP contribution in [0.15, 0.2) is 40.9 Å². The molecule has 0 amide bonds. The van der Waals surface area contributed by atoms with Crippen molar-refractivity contribution in [2.24, 2.45) is 0 Å². The molecule has 0 unspecified atom stereocenters. The highest BCUT2D eigenvalue weighted by Gasteiger charge is 2.24. The molecule has 0 aliphatic heterocycles. The zero-order valence-corrected chi connectivity index (χ0v) is 19.2. The van der Waals surface area contributed by atoms with Crippen LogP contribution in [0.25, 0.3) is 0 Å². The van der Waals surface area contributed by atoms with Crippen molar-refractivity contribution in [2.75, 3.05) is 7.11 Å². The highest BCUT2D eigenvalue weighted by atomic mass is 79.9. The SMILES string of the molecule is COc1ccc(COc2c(Br)cc(C)cc2[C@@H](C)N[S@](=O)C(C)(C)C)cc1. The summed E-state index contributed by atoms with van der Waals surface area (Å²) in [6.07, 6.45) is 0. The second-order valence-electron chi connectivity index (χ2n) is 7.52. The molecule has 0 bridgehead atoms. The first-order valence-corrected chi connectivity index (χ1v) is 10.8. The lowest BCUT2D eigenvalue weighted by Gasteiger charge is -2.24. The van der Waals surface area contributed by atoms with Crippen LogP contribution in [0, 0.1) is 6.92 Å². The number of nitrogens with one attached hydrogen (secondary N) is 1. The summed E-state index contributed by atoms with van der Waals surface area (Å²) in [5, 5.41) is 0. The van der Waals surface area contributed by atoms with Crippen molar-refractivity contribution in [3.05, 3.63) is 57.6 Å². The Balaban J connectivity index is 2.23. The molecule has 0 saturated carbocycles. The quantitative estimate of drug-likeness (QED) is 0.605. The van der Waals surface area contributed by atoms with Crippen molar-refractivity contribution in [1.82, 2.24) is 4.72 Å². The third-order valence-electron chi connectivity index (χ3n) is 4.07. The molecule has 1 N–H and O–H groups in total. The van der Waals surface area contributed by atoms with E-state index in [9.17, 15) is 4.21 Å². The fourth-order valence-corrected chi connectivity index (χ4v) is 4.01. The van der Waals surface area contributed by atoms with Gasteiger partial charge in [0.1, 0.15) is 18.1 Å². The van der Waals surface area contributed by atoms with Crippen LogP contribution in [-0.2, 0) is 17.6 Å². The number of hydrogen-bond donors (Lipinski definition) is 1. The highest BCUT2D eigenvalue weighted by molar-refractivity contribution is 9.10. The summed E-state index contributed by atoms with van der Waals surface area (Å²) in [6.45, 7) is 10.3. The summed E-state index contributed by atoms with van der Waals surface area (Å²) in [5.74, 6) is 1.58. The molecule has 0 spiro atoms. The van der Waals surface area contributed by atoms with E-state index in [4.69, 9.17) is 9.47 Å². The molecule has 148 valence electrons. The molecule has 0 saturated heterocycles. The first-order valence-electron chi connectivity index (χ1n) is 8.85. The Bertz CT molecular complexity index is 800. The van der Waals surface area contributed by atoms with Gasteiger partial charge in [0, 0.05) is 11.6 Å². The average molecular weight is 454 g/mol. The van der Waals surface area contributed by atoms with E-state index in [0.29, 0.717) is 6.61 Å². The van der Waals surface area contributed by atoms with Gasteiger partial charge in [0.15, 0.2) is 0 Å². The van der Waals surface area contributed by atoms with Gasteiger partial charge in [0.25, 0.3) is 0 Å². The van der Waals surface area contributed by atoms with E-state index in [1.54, 1.807) is 7.11 Å². The second kappa shape index (κ2) is 9.22. The topological polar surface area (TPSA) is 47.6 Å².